The Morgan fingerprint density at radius 3 is 2.70 bits per heavy atom. The second kappa shape index (κ2) is 11.4. The van der Waals surface area contributed by atoms with Crippen LogP contribution in [-0.4, -0.2) is 70.1 Å². The lowest BCUT2D eigenvalue weighted by atomic mass is 9.87. The summed E-state index contributed by atoms with van der Waals surface area (Å²) >= 11 is 0.685. The van der Waals surface area contributed by atoms with Crippen LogP contribution >= 0.6 is 11.3 Å². The number of fused-ring (bicyclic) bond motifs is 3. The molecule has 0 radical (unpaired) electrons. The van der Waals surface area contributed by atoms with Crippen molar-refractivity contribution in [3.63, 3.8) is 0 Å². The van der Waals surface area contributed by atoms with Crippen molar-refractivity contribution < 1.29 is 36.2 Å². The Balaban J connectivity index is 1.46. The van der Waals surface area contributed by atoms with Gasteiger partial charge in [-0.2, -0.15) is 28.4 Å². The lowest BCUT2D eigenvalue weighted by Gasteiger charge is -2.41. The Labute approximate surface area is 269 Å². The fourth-order valence-electron chi connectivity index (χ4n) is 7.51. The molecular formula is C32H30F6N6O2S. The molecule has 15 heteroatoms. The van der Waals surface area contributed by atoms with Gasteiger partial charge in [0, 0.05) is 41.9 Å². The topological polar surface area (TPSA) is 112 Å². The molecule has 0 spiro atoms. The number of ether oxygens (including phenoxy) is 1. The summed E-state index contributed by atoms with van der Waals surface area (Å²) in [6.45, 7) is 3.00. The Morgan fingerprint density at radius 2 is 2.02 bits per heavy atom. The second-order valence-electron chi connectivity index (χ2n) is 12.5. The Hall–Kier alpha value is -3.87. The second-order valence-corrected chi connectivity index (χ2v) is 13.6. The van der Waals surface area contributed by atoms with Crippen molar-refractivity contribution in [3.05, 3.63) is 41.0 Å². The highest BCUT2D eigenvalue weighted by Crippen LogP contribution is 2.48. The number of hydrogen-bond acceptors (Lipinski definition) is 9. The highest BCUT2D eigenvalue weighted by molar-refractivity contribution is 7.23. The molecule has 1 saturated carbocycles. The third kappa shape index (κ3) is 5.12. The molecule has 2 aliphatic heterocycles. The average molecular weight is 677 g/mol. The van der Waals surface area contributed by atoms with Crippen molar-refractivity contribution in [3.8, 4) is 23.2 Å². The first-order chi connectivity index (χ1) is 22.3. The first-order valence-electron chi connectivity index (χ1n) is 15.3. The van der Waals surface area contributed by atoms with Crippen LogP contribution in [-0.2, 0) is 6.18 Å². The third-order valence-electron chi connectivity index (χ3n) is 9.77. The van der Waals surface area contributed by atoms with Crippen molar-refractivity contribution in [1.29, 1.82) is 5.26 Å². The maximum Gasteiger partial charge on any atom is 0.417 e. The SMILES string of the molecule is CCN(c1nc(OCC23CCCN2CC(F)C3)nc2c(F)c(-c3ccc(F)c4sc(N)c(C#N)c34)c(C(F)(F)F)cc12)C1CC(O)C1. The number of alkyl halides is 4. The summed E-state index contributed by atoms with van der Waals surface area (Å²) in [5, 5.41) is 19.2. The van der Waals surface area contributed by atoms with Crippen molar-refractivity contribution in [2.24, 2.45) is 0 Å². The third-order valence-corrected chi connectivity index (χ3v) is 10.8. The summed E-state index contributed by atoms with van der Waals surface area (Å²) < 4.78 is 96.7. The van der Waals surface area contributed by atoms with Crippen LogP contribution < -0.4 is 15.4 Å². The summed E-state index contributed by atoms with van der Waals surface area (Å²) in [7, 11) is 0. The van der Waals surface area contributed by atoms with Gasteiger partial charge in [-0.05, 0) is 56.8 Å². The van der Waals surface area contributed by atoms with Gasteiger partial charge in [-0.3, -0.25) is 4.90 Å². The number of hydrogen-bond donors (Lipinski definition) is 2. The lowest BCUT2D eigenvalue weighted by Crippen LogP contribution is -2.47. The molecule has 2 unspecified atom stereocenters. The normalized spacial score (nSPS) is 24.4. The van der Waals surface area contributed by atoms with Gasteiger partial charge in [-0.25, -0.2) is 13.2 Å². The van der Waals surface area contributed by atoms with Gasteiger partial charge in [-0.1, -0.05) is 6.07 Å². The van der Waals surface area contributed by atoms with Crippen LogP contribution in [0.25, 0.3) is 32.1 Å². The molecule has 8 nitrogen and oxygen atoms in total. The highest BCUT2D eigenvalue weighted by atomic mass is 32.1. The van der Waals surface area contributed by atoms with Crippen LogP contribution in [0.5, 0.6) is 6.01 Å². The highest BCUT2D eigenvalue weighted by Gasteiger charge is 2.49. The number of nitrogens with two attached hydrogens (primary N) is 1. The number of nitrogen functional groups attached to an aromatic ring is 1. The Kier molecular flexibility index (Phi) is 7.68. The summed E-state index contributed by atoms with van der Waals surface area (Å²) in [5.41, 5.74) is 1.95. The van der Waals surface area contributed by atoms with Gasteiger partial charge in [0.25, 0.3) is 0 Å². The zero-order valence-corrected chi connectivity index (χ0v) is 26.0. The maximum absolute atomic E-state index is 16.9. The van der Waals surface area contributed by atoms with Crippen molar-refractivity contribution in [2.75, 3.05) is 36.9 Å². The van der Waals surface area contributed by atoms with E-state index >= 15 is 4.39 Å². The van der Waals surface area contributed by atoms with E-state index in [1.54, 1.807) is 11.8 Å². The van der Waals surface area contributed by atoms with Gasteiger partial charge in [0.15, 0.2) is 5.82 Å². The number of aliphatic hydroxyl groups excluding tert-OH is 1. The Morgan fingerprint density at radius 1 is 1.26 bits per heavy atom. The van der Waals surface area contributed by atoms with Gasteiger partial charge in [0.1, 0.15) is 41.0 Å². The van der Waals surface area contributed by atoms with Gasteiger partial charge in [-0.15, -0.1) is 11.3 Å². The molecule has 7 rings (SSSR count). The molecule has 4 heterocycles. The van der Waals surface area contributed by atoms with E-state index in [1.165, 1.54) is 0 Å². The van der Waals surface area contributed by atoms with Crippen molar-refractivity contribution >= 4 is 43.1 Å². The van der Waals surface area contributed by atoms with Crippen LogP contribution in [0.1, 0.15) is 50.2 Å². The number of nitrogens with zero attached hydrogens (tertiary/aromatic N) is 5. The average Bonchev–Trinajstić information content (AvgIpc) is 3.65. The van der Waals surface area contributed by atoms with Gasteiger partial charge >= 0.3 is 12.2 Å². The zero-order valence-electron chi connectivity index (χ0n) is 25.2. The molecule has 47 heavy (non-hydrogen) atoms. The van der Waals surface area contributed by atoms with Crippen LogP contribution in [0, 0.1) is 23.0 Å². The molecule has 3 N–H and O–H groups in total. The summed E-state index contributed by atoms with van der Waals surface area (Å²) in [6, 6.07) is 3.92. The van der Waals surface area contributed by atoms with E-state index in [0.717, 1.165) is 24.6 Å². The van der Waals surface area contributed by atoms with E-state index in [0.29, 0.717) is 37.1 Å². The predicted octanol–water partition coefficient (Wildman–Crippen LogP) is 6.57. The maximum atomic E-state index is 16.9. The molecule has 3 aliphatic rings. The molecule has 2 saturated heterocycles. The predicted molar refractivity (Wildman–Crippen MR) is 165 cm³/mol. The number of thiophene rings is 1. The molecule has 2 atom stereocenters. The van der Waals surface area contributed by atoms with Crippen LogP contribution in [0.15, 0.2) is 18.2 Å². The van der Waals surface area contributed by atoms with Crippen LogP contribution in [0.2, 0.25) is 0 Å². The summed E-state index contributed by atoms with van der Waals surface area (Å²) in [4.78, 5) is 12.5. The number of rotatable bonds is 7. The molecule has 0 bridgehead atoms. The summed E-state index contributed by atoms with van der Waals surface area (Å²) in [5.74, 6) is -2.18. The monoisotopic (exact) mass is 676 g/mol. The standard InChI is InChI=1S/C32H30F6N6O2S/c1-2-44(16-8-17(45)9-16)29-19-10-21(32(36,37)38)24(18-4-5-22(34)27-23(18)20(12-39)28(40)47-27)25(35)26(19)41-30(42-29)46-14-31-6-3-7-43(31)13-15(33)11-31/h4-5,10,15-17,45H,2-3,6-9,11,13-14,40H2,1H3. The van der Waals surface area contributed by atoms with E-state index < -0.39 is 52.3 Å². The first kappa shape index (κ1) is 31.7. The van der Waals surface area contributed by atoms with E-state index in [-0.39, 0.29) is 75.6 Å². The summed E-state index contributed by atoms with van der Waals surface area (Å²) in [6.07, 6.45) is -4.29. The number of halogens is 6. The minimum atomic E-state index is -5.09. The molecule has 1 aliphatic carbocycles. The van der Waals surface area contributed by atoms with Crippen LogP contribution in [0.4, 0.5) is 37.2 Å². The van der Waals surface area contributed by atoms with Gasteiger partial charge in [0.2, 0.25) is 0 Å². The number of aliphatic hydroxyl groups is 1. The number of aromatic nitrogens is 2. The quantitative estimate of drug-likeness (QED) is 0.212. The molecule has 2 aromatic carbocycles. The smallest absolute Gasteiger partial charge is 0.417 e. The van der Waals surface area contributed by atoms with E-state index in [9.17, 15) is 32.3 Å². The van der Waals surface area contributed by atoms with E-state index in [2.05, 4.69) is 9.97 Å². The molecular weight excluding hydrogens is 646 g/mol. The largest absolute Gasteiger partial charge is 0.461 e. The molecule has 2 aromatic heterocycles. The fourth-order valence-corrected chi connectivity index (χ4v) is 8.46. The molecule has 0 amide bonds. The van der Waals surface area contributed by atoms with E-state index in [4.69, 9.17) is 10.5 Å². The van der Waals surface area contributed by atoms with E-state index in [1.807, 2.05) is 11.0 Å². The van der Waals surface area contributed by atoms with Crippen LogP contribution in [0.3, 0.4) is 0 Å². The fraction of sp³-hybridized carbons (Fsp3) is 0.469. The van der Waals surface area contributed by atoms with Crippen molar-refractivity contribution in [1.82, 2.24) is 14.9 Å². The lowest BCUT2D eigenvalue weighted by molar-refractivity contribution is -0.137. The molecule has 3 fully saturated rings. The minimum absolute atomic E-state index is 0.0000393. The van der Waals surface area contributed by atoms with Crippen molar-refractivity contribution in [2.45, 2.75) is 69.1 Å². The number of nitriles is 1. The number of benzene rings is 2. The first-order valence-corrected chi connectivity index (χ1v) is 16.2. The van der Waals surface area contributed by atoms with Gasteiger partial charge < -0.3 is 20.5 Å². The number of anilines is 2. The molecule has 4 aromatic rings. The van der Waals surface area contributed by atoms with Gasteiger partial charge in [0.05, 0.1) is 27.5 Å². The Bertz CT molecular complexity index is 1940. The minimum Gasteiger partial charge on any atom is -0.461 e. The zero-order chi connectivity index (χ0) is 33.4. The molecule has 248 valence electrons.